The number of anilines is 1. The number of halogens is 1. The van der Waals surface area contributed by atoms with Gasteiger partial charge in [-0.1, -0.05) is 37.3 Å². The van der Waals surface area contributed by atoms with E-state index >= 15 is 4.39 Å². The number of hydrogen-bond acceptors (Lipinski definition) is 9. The molecule has 0 radical (unpaired) electrons. The normalized spacial score (nSPS) is 16.9. The summed E-state index contributed by atoms with van der Waals surface area (Å²) in [6.07, 6.45) is 6.07. The Labute approximate surface area is 282 Å². The molecule has 0 aliphatic carbocycles. The first-order valence-electron chi connectivity index (χ1n) is 15.8. The number of fused-ring (bicyclic) bond motifs is 1. The molecule has 6 rings (SSSR count). The van der Waals surface area contributed by atoms with Crippen LogP contribution in [0.2, 0.25) is 0 Å². The third kappa shape index (κ3) is 7.97. The van der Waals surface area contributed by atoms with Crippen LogP contribution in [0.1, 0.15) is 37.1 Å². The van der Waals surface area contributed by atoms with Gasteiger partial charge in [-0.3, -0.25) is 4.79 Å². The van der Waals surface area contributed by atoms with E-state index in [0.29, 0.717) is 29.0 Å². The van der Waals surface area contributed by atoms with Crippen molar-refractivity contribution in [3.8, 4) is 23.1 Å². The van der Waals surface area contributed by atoms with Crippen molar-refractivity contribution >= 4 is 40.3 Å². The van der Waals surface area contributed by atoms with Crippen LogP contribution < -0.4 is 25.0 Å². The second kappa shape index (κ2) is 15.3. The highest BCUT2D eigenvalue weighted by Gasteiger charge is 2.29. The smallest absolute Gasteiger partial charge is 0.338 e. The minimum atomic E-state index is -0.732. The molecule has 1 saturated heterocycles. The number of rotatable bonds is 11. The molecular formula is C35H37FN6O5S. The van der Waals surface area contributed by atoms with E-state index in [-0.39, 0.29) is 23.2 Å². The molecule has 4 aromatic rings. The standard InChI is InChI=1S/C35H37FN6O5S/c1-23-11-15-41(16-12-23)14-6-17-46-31-21-28-26(20-30(31)45-2)33(38-22-37-28)47-29-10-9-25(19-27(29)36)39-35(44)40-42-32(43)13-18-48-34(42)24-7-4-3-5-8-24/h3-5,7-10,13,18-23,34H,6,11-12,14-17H2,1-2H3,(H2,39,40,44). The van der Waals surface area contributed by atoms with Crippen molar-refractivity contribution in [3.05, 3.63) is 89.9 Å². The van der Waals surface area contributed by atoms with Crippen LogP contribution in [0.15, 0.2) is 78.5 Å². The molecule has 0 bridgehead atoms. The molecule has 1 aromatic heterocycles. The van der Waals surface area contributed by atoms with Crippen LogP contribution in [0.25, 0.3) is 10.9 Å². The van der Waals surface area contributed by atoms with Crippen LogP contribution in [0, 0.1) is 11.7 Å². The van der Waals surface area contributed by atoms with Crippen LogP contribution >= 0.6 is 11.8 Å². The van der Waals surface area contributed by atoms with Gasteiger partial charge in [0.25, 0.3) is 5.91 Å². The number of hydrazine groups is 1. The summed E-state index contributed by atoms with van der Waals surface area (Å²) in [6, 6.07) is 16.1. The number of benzene rings is 3. The zero-order chi connectivity index (χ0) is 33.5. The van der Waals surface area contributed by atoms with Crippen LogP contribution in [-0.2, 0) is 4.79 Å². The molecule has 11 nitrogen and oxygen atoms in total. The molecule has 1 atom stereocenters. The summed E-state index contributed by atoms with van der Waals surface area (Å²) in [5, 5.41) is 5.54. The Bertz CT molecular complexity index is 1790. The molecule has 0 spiro atoms. The Balaban J connectivity index is 1.09. The number of methoxy groups -OCH3 is 1. The number of hydrogen-bond donors (Lipinski definition) is 2. The van der Waals surface area contributed by atoms with E-state index in [0.717, 1.165) is 43.6 Å². The first-order valence-corrected chi connectivity index (χ1v) is 16.8. The monoisotopic (exact) mass is 672 g/mol. The van der Waals surface area contributed by atoms with Gasteiger partial charge in [-0.25, -0.2) is 29.6 Å². The fraction of sp³-hybridized carbons (Fsp3) is 0.314. The Morgan fingerprint density at radius 3 is 2.62 bits per heavy atom. The van der Waals surface area contributed by atoms with Crippen LogP contribution in [-0.4, -0.2) is 65.2 Å². The second-order valence-corrected chi connectivity index (χ2v) is 12.6. The maximum absolute atomic E-state index is 15.3. The van der Waals surface area contributed by atoms with Gasteiger partial charge in [0.1, 0.15) is 11.7 Å². The number of nitrogens with one attached hydrogen (secondary N) is 2. The van der Waals surface area contributed by atoms with E-state index in [4.69, 9.17) is 14.2 Å². The highest BCUT2D eigenvalue weighted by Crippen LogP contribution is 2.37. The Hall–Kier alpha value is -4.88. The fourth-order valence-corrected chi connectivity index (χ4v) is 6.51. The minimum Gasteiger partial charge on any atom is -0.493 e. The largest absolute Gasteiger partial charge is 0.493 e. The third-order valence-corrected chi connectivity index (χ3v) is 9.26. The number of piperidine rings is 1. The van der Waals surface area contributed by atoms with Gasteiger partial charge in [0.2, 0.25) is 5.88 Å². The van der Waals surface area contributed by atoms with E-state index in [2.05, 4.69) is 32.5 Å². The number of amides is 3. The van der Waals surface area contributed by atoms with Crippen molar-refractivity contribution in [2.24, 2.45) is 5.92 Å². The van der Waals surface area contributed by atoms with Crippen molar-refractivity contribution in [1.29, 1.82) is 0 Å². The van der Waals surface area contributed by atoms with Gasteiger partial charge in [0.15, 0.2) is 23.1 Å². The lowest BCUT2D eigenvalue weighted by Crippen LogP contribution is -2.49. The van der Waals surface area contributed by atoms with Gasteiger partial charge in [-0.15, -0.1) is 11.8 Å². The molecule has 2 N–H and O–H groups in total. The van der Waals surface area contributed by atoms with Gasteiger partial charge in [-0.05, 0) is 67.4 Å². The van der Waals surface area contributed by atoms with Gasteiger partial charge in [-0.2, -0.15) is 0 Å². The Kier molecular flexibility index (Phi) is 10.6. The summed E-state index contributed by atoms with van der Waals surface area (Å²) in [4.78, 5) is 36.5. The van der Waals surface area contributed by atoms with E-state index in [1.807, 2.05) is 30.3 Å². The number of likely N-dealkylation sites (tertiary alicyclic amines) is 1. The molecule has 48 heavy (non-hydrogen) atoms. The number of nitrogens with zero attached hydrogens (tertiary/aromatic N) is 4. The molecule has 13 heteroatoms. The molecular weight excluding hydrogens is 635 g/mol. The number of thioether (sulfide) groups is 1. The zero-order valence-corrected chi connectivity index (χ0v) is 27.5. The molecule has 3 amide bonds. The predicted molar refractivity (Wildman–Crippen MR) is 182 cm³/mol. The van der Waals surface area contributed by atoms with Gasteiger partial charge >= 0.3 is 6.03 Å². The second-order valence-electron chi connectivity index (χ2n) is 11.6. The van der Waals surface area contributed by atoms with E-state index in [1.54, 1.807) is 24.7 Å². The lowest BCUT2D eigenvalue weighted by molar-refractivity contribution is -0.129. The average Bonchev–Trinajstić information content (AvgIpc) is 3.09. The van der Waals surface area contributed by atoms with Gasteiger partial charge in [0, 0.05) is 30.4 Å². The van der Waals surface area contributed by atoms with Crippen molar-refractivity contribution in [3.63, 3.8) is 0 Å². The Morgan fingerprint density at radius 1 is 1.04 bits per heavy atom. The van der Waals surface area contributed by atoms with Crippen molar-refractivity contribution in [2.75, 3.05) is 38.7 Å². The Morgan fingerprint density at radius 2 is 1.85 bits per heavy atom. The summed E-state index contributed by atoms with van der Waals surface area (Å²) in [6.45, 7) is 6.08. The van der Waals surface area contributed by atoms with Crippen molar-refractivity contribution < 1.29 is 28.2 Å². The van der Waals surface area contributed by atoms with E-state index in [9.17, 15) is 9.59 Å². The number of carbonyl (C=O) groups is 2. The third-order valence-electron chi connectivity index (χ3n) is 8.23. The van der Waals surface area contributed by atoms with Crippen molar-refractivity contribution in [2.45, 2.75) is 31.6 Å². The topological polar surface area (TPSA) is 118 Å². The summed E-state index contributed by atoms with van der Waals surface area (Å²) < 4.78 is 32.8. The summed E-state index contributed by atoms with van der Waals surface area (Å²) in [7, 11) is 1.55. The maximum Gasteiger partial charge on any atom is 0.338 e. The number of carbonyl (C=O) groups excluding carboxylic acids is 2. The number of aromatic nitrogens is 2. The highest BCUT2D eigenvalue weighted by atomic mass is 32.2. The first-order chi connectivity index (χ1) is 23.4. The van der Waals surface area contributed by atoms with Crippen LogP contribution in [0.3, 0.4) is 0 Å². The highest BCUT2D eigenvalue weighted by molar-refractivity contribution is 8.02. The molecule has 3 heterocycles. The number of ether oxygens (including phenoxy) is 3. The van der Waals surface area contributed by atoms with E-state index < -0.39 is 17.2 Å². The molecule has 1 fully saturated rings. The molecule has 0 saturated carbocycles. The van der Waals surface area contributed by atoms with Crippen LogP contribution in [0.5, 0.6) is 23.1 Å². The van der Waals surface area contributed by atoms with Gasteiger partial charge < -0.3 is 24.4 Å². The molecule has 1 unspecified atom stereocenters. The summed E-state index contributed by atoms with van der Waals surface area (Å²) in [5.74, 6) is 0.735. The zero-order valence-electron chi connectivity index (χ0n) is 26.7. The first kappa shape index (κ1) is 33.0. The lowest BCUT2D eigenvalue weighted by atomic mass is 9.99. The molecule has 250 valence electrons. The lowest BCUT2D eigenvalue weighted by Gasteiger charge is -2.32. The van der Waals surface area contributed by atoms with Gasteiger partial charge in [0.05, 0.1) is 24.6 Å². The van der Waals surface area contributed by atoms with Crippen LogP contribution in [0.4, 0.5) is 14.9 Å². The van der Waals surface area contributed by atoms with E-state index in [1.165, 1.54) is 54.1 Å². The predicted octanol–water partition coefficient (Wildman–Crippen LogP) is 6.90. The fourth-order valence-electron chi connectivity index (χ4n) is 5.57. The maximum atomic E-state index is 15.3. The number of urea groups is 1. The molecule has 2 aliphatic heterocycles. The van der Waals surface area contributed by atoms with Crippen molar-refractivity contribution in [1.82, 2.24) is 25.3 Å². The minimum absolute atomic E-state index is 0.107. The summed E-state index contributed by atoms with van der Waals surface area (Å²) >= 11 is 1.37. The quantitative estimate of drug-likeness (QED) is 0.164. The molecule has 2 aliphatic rings. The average molecular weight is 673 g/mol. The summed E-state index contributed by atoms with van der Waals surface area (Å²) in [5.41, 5.74) is 4.12. The SMILES string of the molecule is COc1cc2c(Oc3ccc(NC(=O)NN4C(=O)C=CSC4c4ccccc4)cc3F)ncnc2cc1OCCCN1CCC(C)CC1. The molecule has 3 aromatic carbocycles.